The van der Waals surface area contributed by atoms with E-state index in [2.05, 4.69) is 26.1 Å². The van der Waals surface area contributed by atoms with E-state index in [1.54, 1.807) is 14.0 Å². The van der Waals surface area contributed by atoms with Gasteiger partial charge in [0.1, 0.15) is 6.04 Å². The van der Waals surface area contributed by atoms with Gasteiger partial charge in [0.05, 0.1) is 0 Å². The molecule has 0 spiro atoms. The minimum Gasteiger partial charge on any atom is -0.657 e. The Morgan fingerprint density at radius 3 is 2.14 bits per heavy atom. The fourth-order valence-corrected chi connectivity index (χ4v) is 1.59. The molecule has 0 aromatic heterocycles. The fraction of sp³-hybridized carbons (Fsp3) is 0.857. The number of nitrogens with zero attached hydrogens (tertiary/aromatic N) is 2. The van der Waals surface area contributed by atoms with Crippen molar-refractivity contribution in [2.24, 2.45) is 11.7 Å². The van der Waals surface area contributed by atoms with Gasteiger partial charge in [-0.1, -0.05) is 27.3 Å². The molecule has 2 amide bonds. The van der Waals surface area contributed by atoms with Gasteiger partial charge in [0.2, 0.25) is 11.8 Å². The SMILES string of the molecule is CC(C)C.CCO.C[N-]CC(=O)N1CCC[C@H]1C(N)=O.[Y]. The summed E-state index contributed by atoms with van der Waals surface area (Å²) in [6, 6.07) is -0.408. The van der Waals surface area contributed by atoms with E-state index in [4.69, 9.17) is 10.8 Å². The maximum atomic E-state index is 11.4. The second-order valence-electron chi connectivity index (χ2n) is 5.17. The standard InChI is InChI=1S/C8H14N3O2.C4H10.C2H6O.Y/c1-10-5-7(12)11-4-2-3-6(11)8(9)13;1-4(2)3;1-2-3;/h6H,2-5H2,1H3,(H2,9,13);4H,1-3H3;3H,2H2,1H3;/q-1;;;/t6-;;;/m0.../s1. The van der Waals surface area contributed by atoms with Crippen LogP contribution in [0.4, 0.5) is 0 Å². The van der Waals surface area contributed by atoms with Crippen LogP contribution in [0, 0.1) is 5.92 Å². The molecule has 21 heavy (non-hydrogen) atoms. The van der Waals surface area contributed by atoms with E-state index in [1.807, 2.05) is 0 Å². The Bertz CT molecular complexity index is 273. The van der Waals surface area contributed by atoms with Gasteiger partial charge in [0, 0.05) is 45.9 Å². The van der Waals surface area contributed by atoms with Gasteiger partial charge in [-0.15, -0.1) is 0 Å². The van der Waals surface area contributed by atoms with E-state index in [9.17, 15) is 9.59 Å². The van der Waals surface area contributed by atoms with Gasteiger partial charge in [-0.05, 0) is 25.7 Å². The third-order valence-electron chi connectivity index (χ3n) is 2.19. The molecular weight excluding hydrogens is 347 g/mol. The number of aliphatic hydroxyl groups is 1. The summed E-state index contributed by atoms with van der Waals surface area (Å²) < 4.78 is 0. The van der Waals surface area contributed by atoms with Gasteiger partial charge in [-0.2, -0.15) is 7.05 Å². The van der Waals surface area contributed by atoms with E-state index in [0.29, 0.717) is 13.0 Å². The molecule has 1 aliphatic rings. The van der Waals surface area contributed by atoms with Gasteiger partial charge < -0.3 is 21.1 Å². The molecule has 0 aromatic rings. The maximum absolute atomic E-state index is 11.4. The van der Waals surface area contributed by atoms with Crippen LogP contribution in [0.2, 0.25) is 0 Å². The van der Waals surface area contributed by atoms with Gasteiger partial charge in [0.25, 0.3) is 0 Å². The number of nitrogens with two attached hydrogens (primary N) is 1. The second-order valence-corrected chi connectivity index (χ2v) is 5.17. The molecule has 1 radical (unpaired) electrons. The summed E-state index contributed by atoms with van der Waals surface area (Å²) in [7, 11) is 1.58. The van der Waals surface area contributed by atoms with Gasteiger partial charge in [0.15, 0.2) is 0 Å². The summed E-state index contributed by atoms with van der Waals surface area (Å²) in [5, 5.41) is 11.3. The fourth-order valence-electron chi connectivity index (χ4n) is 1.59. The Labute approximate surface area is 154 Å². The van der Waals surface area contributed by atoms with Gasteiger partial charge >= 0.3 is 0 Å². The second kappa shape index (κ2) is 16.3. The molecule has 0 unspecified atom stereocenters. The summed E-state index contributed by atoms with van der Waals surface area (Å²) in [4.78, 5) is 23.8. The van der Waals surface area contributed by atoms with Crippen molar-refractivity contribution in [1.82, 2.24) is 4.90 Å². The summed E-state index contributed by atoms with van der Waals surface area (Å²) in [5.41, 5.74) is 5.16. The predicted molar refractivity (Wildman–Crippen MR) is 81.4 cm³/mol. The molecule has 1 atom stereocenters. The van der Waals surface area contributed by atoms with Crippen LogP contribution in [0.5, 0.6) is 0 Å². The van der Waals surface area contributed by atoms with Crippen LogP contribution in [0.25, 0.3) is 5.32 Å². The van der Waals surface area contributed by atoms with Crippen molar-refractivity contribution in [3.63, 3.8) is 0 Å². The van der Waals surface area contributed by atoms with Crippen LogP contribution in [0.3, 0.4) is 0 Å². The first-order valence-corrected chi connectivity index (χ1v) is 7.06. The molecule has 1 fully saturated rings. The molecule has 1 heterocycles. The number of primary amides is 1. The zero-order valence-corrected chi connectivity index (χ0v) is 16.8. The molecule has 0 saturated carbocycles. The molecule has 1 aliphatic heterocycles. The first-order valence-electron chi connectivity index (χ1n) is 7.06. The van der Waals surface area contributed by atoms with Crippen molar-refractivity contribution in [2.75, 3.05) is 26.7 Å². The van der Waals surface area contributed by atoms with Crippen molar-refractivity contribution in [2.45, 2.75) is 46.6 Å². The summed E-state index contributed by atoms with van der Waals surface area (Å²) in [5.74, 6) is 0.311. The van der Waals surface area contributed by atoms with Crippen LogP contribution in [0.1, 0.15) is 40.5 Å². The number of carbonyl (C=O) groups is 2. The third kappa shape index (κ3) is 14.7. The molecule has 0 aromatic carbocycles. The predicted octanol–water partition coefficient (Wildman–Crippen LogP) is 1.12. The Morgan fingerprint density at radius 2 is 1.81 bits per heavy atom. The number of likely N-dealkylation sites (tertiary alicyclic amines) is 1. The molecule has 3 N–H and O–H groups in total. The quantitative estimate of drug-likeness (QED) is 0.771. The Hall–Kier alpha value is -0.0361. The average Bonchev–Trinajstić information content (AvgIpc) is 2.78. The van der Waals surface area contributed by atoms with Crippen molar-refractivity contribution in [3.8, 4) is 0 Å². The molecule has 7 heteroatoms. The number of amides is 2. The van der Waals surface area contributed by atoms with Crippen LogP contribution in [-0.4, -0.2) is 54.6 Å². The number of likely N-dealkylation sites (N-methyl/N-ethyl adjacent to an activating group) is 1. The minimum absolute atomic E-state index is 0. The average molecular weight is 377 g/mol. The summed E-state index contributed by atoms with van der Waals surface area (Å²) in [6.45, 7) is 9.20. The van der Waals surface area contributed by atoms with Crippen LogP contribution >= 0.6 is 0 Å². The Kier molecular flexibility index (Phi) is 20.1. The van der Waals surface area contributed by atoms with Gasteiger partial charge in [-0.25, -0.2) is 0 Å². The smallest absolute Gasteiger partial charge is 0.240 e. The van der Waals surface area contributed by atoms with Crippen molar-refractivity contribution < 1.29 is 47.4 Å². The van der Waals surface area contributed by atoms with Crippen molar-refractivity contribution in [1.29, 1.82) is 0 Å². The third-order valence-corrected chi connectivity index (χ3v) is 2.19. The molecule has 123 valence electrons. The van der Waals surface area contributed by atoms with Crippen molar-refractivity contribution in [3.05, 3.63) is 5.32 Å². The zero-order chi connectivity index (χ0) is 16.1. The van der Waals surface area contributed by atoms with E-state index in [-0.39, 0.29) is 51.8 Å². The number of carbonyl (C=O) groups excluding carboxylic acids is 2. The number of rotatable bonds is 3. The number of hydrogen-bond donors (Lipinski definition) is 2. The first kappa shape index (κ1) is 25.9. The Balaban J connectivity index is -0.000000344. The monoisotopic (exact) mass is 377 g/mol. The largest absolute Gasteiger partial charge is 0.657 e. The topological polar surface area (TPSA) is 97.7 Å². The van der Waals surface area contributed by atoms with Gasteiger partial charge in [-0.3, -0.25) is 9.59 Å². The van der Waals surface area contributed by atoms with E-state index >= 15 is 0 Å². The maximum Gasteiger partial charge on any atom is 0.240 e. The number of aliphatic hydroxyl groups excluding tert-OH is 1. The Morgan fingerprint density at radius 1 is 1.38 bits per heavy atom. The molecular formula is C14H30N3O3Y-. The van der Waals surface area contributed by atoms with Crippen LogP contribution in [0.15, 0.2) is 0 Å². The number of hydrogen-bond acceptors (Lipinski definition) is 3. The minimum atomic E-state index is -0.415. The van der Waals surface area contributed by atoms with E-state index in [0.717, 1.165) is 12.3 Å². The van der Waals surface area contributed by atoms with Crippen molar-refractivity contribution >= 4 is 11.8 Å². The zero-order valence-electron chi connectivity index (χ0n) is 14.0. The normalized spacial score (nSPS) is 16.1. The molecule has 6 nitrogen and oxygen atoms in total. The van der Waals surface area contributed by atoms with E-state index in [1.165, 1.54) is 4.90 Å². The molecule has 0 aliphatic carbocycles. The van der Waals surface area contributed by atoms with Crippen LogP contribution < -0.4 is 5.73 Å². The molecule has 1 rings (SSSR count). The summed E-state index contributed by atoms with van der Waals surface area (Å²) >= 11 is 0. The summed E-state index contributed by atoms with van der Waals surface area (Å²) in [6.07, 6.45) is 1.54. The first-order chi connectivity index (χ1) is 9.31. The van der Waals surface area contributed by atoms with E-state index < -0.39 is 11.9 Å². The molecule has 1 saturated heterocycles. The van der Waals surface area contributed by atoms with Crippen LogP contribution in [-0.2, 0) is 42.3 Å². The molecule has 0 bridgehead atoms.